The first kappa shape index (κ1) is 9.07. The molecule has 0 spiro atoms. The van der Waals surface area contributed by atoms with Crippen molar-refractivity contribution in [1.29, 1.82) is 0 Å². The Bertz CT molecular complexity index is 574. The van der Waals surface area contributed by atoms with E-state index >= 15 is 0 Å². The van der Waals surface area contributed by atoms with E-state index in [1.807, 2.05) is 6.07 Å². The van der Waals surface area contributed by atoms with Gasteiger partial charge in [0.2, 0.25) is 0 Å². The number of thiophene rings is 1. The quantitative estimate of drug-likeness (QED) is 0.607. The molecule has 3 rings (SSSR count). The van der Waals surface area contributed by atoms with Crippen LogP contribution in [0.15, 0.2) is 35.7 Å². The molecule has 0 unspecified atom stereocenters. The third-order valence-corrected chi connectivity index (χ3v) is 4.56. The topological polar surface area (TPSA) is 12.9 Å². The molecule has 1 aromatic carbocycles. The summed E-state index contributed by atoms with van der Waals surface area (Å²) in [6.07, 6.45) is 0. The Kier molecular flexibility index (Phi) is 2.08. The van der Waals surface area contributed by atoms with E-state index in [-0.39, 0.29) is 0 Å². The van der Waals surface area contributed by atoms with Crippen molar-refractivity contribution in [2.24, 2.45) is 0 Å². The van der Waals surface area contributed by atoms with Crippen LogP contribution in [0.5, 0.6) is 0 Å². The van der Waals surface area contributed by atoms with Crippen molar-refractivity contribution in [3.05, 3.63) is 41.3 Å². The summed E-state index contributed by atoms with van der Waals surface area (Å²) < 4.78 is 1.26. The lowest BCUT2D eigenvalue weighted by molar-refractivity contribution is 1.46. The molecule has 2 heterocycles. The molecule has 3 aromatic rings. The monoisotopic (exact) mass is 231 g/mol. The van der Waals surface area contributed by atoms with Crippen molar-refractivity contribution in [2.45, 2.75) is 6.92 Å². The van der Waals surface area contributed by atoms with Gasteiger partial charge < -0.3 is 0 Å². The maximum absolute atomic E-state index is 4.64. The Hall–Kier alpha value is -1.19. The number of thiazole rings is 1. The molecular formula is C12H9NS2. The lowest BCUT2D eigenvalue weighted by Gasteiger charge is -1.90. The number of aryl methyl sites for hydroxylation is 1. The summed E-state index contributed by atoms with van der Waals surface area (Å²) in [6, 6.07) is 10.4. The van der Waals surface area contributed by atoms with Crippen LogP contribution in [0.25, 0.3) is 20.1 Å². The molecule has 2 aromatic heterocycles. The molecule has 0 atom stereocenters. The standard InChI is InChI=1S/C12H9NS2/c1-8-6-7-14-11(8)12-13-9-4-2-3-5-10(9)15-12/h2-7H,1H3. The fourth-order valence-corrected chi connectivity index (χ4v) is 3.61. The molecule has 15 heavy (non-hydrogen) atoms. The van der Waals surface area contributed by atoms with Crippen molar-refractivity contribution in [1.82, 2.24) is 4.98 Å². The fraction of sp³-hybridized carbons (Fsp3) is 0.0833. The van der Waals surface area contributed by atoms with Crippen LogP contribution in [0.1, 0.15) is 5.56 Å². The Labute approximate surface area is 96.0 Å². The minimum absolute atomic E-state index is 1.10. The number of hydrogen-bond donors (Lipinski definition) is 0. The van der Waals surface area contributed by atoms with Crippen LogP contribution in [0.2, 0.25) is 0 Å². The van der Waals surface area contributed by atoms with Gasteiger partial charge in [0.25, 0.3) is 0 Å². The molecule has 0 bridgehead atoms. The van der Waals surface area contributed by atoms with Crippen LogP contribution < -0.4 is 0 Å². The predicted octanol–water partition coefficient (Wildman–Crippen LogP) is 4.33. The average Bonchev–Trinajstić information content (AvgIpc) is 2.82. The summed E-state index contributed by atoms with van der Waals surface area (Å²) in [6.45, 7) is 2.14. The van der Waals surface area contributed by atoms with Crippen LogP contribution in [0, 0.1) is 6.92 Å². The Morgan fingerprint density at radius 2 is 2.00 bits per heavy atom. The molecule has 0 amide bonds. The number of nitrogens with zero attached hydrogens (tertiary/aromatic N) is 1. The zero-order valence-electron chi connectivity index (χ0n) is 8.23. The van der Waals surface area contributed by atoms with Gasteiger partial charge in [-0.1, -0.05) is 12.1 Å². The van der Waals surface area contributed by atoms with E-state index in [9.17, 15) is 0 Å². The maximum atomic E-state index is 4.64. The summed E-state index contributed by atoms with van der Waals surface area (Å²) in [7, 11) is 0. The first-order valence-corrected chi connectivity index (χ1v) is 6.44. The summed E-state index contributed by atoms with van der Waals surface area (Å²) >= 11 is 3.53. The largest absolute Gasteiger partial charge is 0.235 e. The molecule has 0 fully saturated rings. The summed E-state index contributed by atoms with van der Waals surface area (Å²) in [4.78, 5) is 5.95. The third-order valence-electron chi connectivity index (χ3n) is 2.35. The maximum Gasteiger partial charge on any atom is 0.134 e. The van der Waals surface area contributed by atoms with Gasteiger partial charge in [-0.15, -0.1) is 22.7 Å². The zero-order chi connectivity index (χ0) is 10.3. The van der Waals surface area contributed by atoms with Crippen molar-refractivity contribution in [3.8, 4) is 9.88 Å². The molecule has 0 aliphatic rings. The second-order valence-electron chi connectivity index (χ2n) is 3.42. The van der Waals surface area contributed by atoms with Gasteiger partial charge in [-0.2, -0.15) is 0 Å². The summed E-state index contributed by atoms with van der Waals surface area (Å²) in [5, 5.41) is 3.26. The van der Waals surface area contributed by atoms with Crippen LogP contribution >= 0.6 is 22.7 Å². The molecular weight excluding hydrogens is 222 g/mol. The minimum atomic E-state index is 1.10. The van der Waals surface area contributed by atoms with Gasteiger partial charge in [0.05, 0.1) is 15.1 Å². The molecule has 74 valence electrons. The molecule has 1 nitrogen and oxygen atoms in total. The van der Waals surface area contributed by atoms with Crippen LogP contribution in [0.3, 0.4) is 0 Å². The smallest absolute Gasteiger partial charge is 0.134 e. The molecule has 0 aliphatic heterocycles. The van der Waals surface area contributed by atoms with Gasteiger partial charge in [-0.25, -0.2) is 4.98 Å². The van der Waals surface area contributed by atoms with Gasteiger partial charge in [0.1, 0.15) is 5.01 Å². The van der Waals surface area contributed by atoms with Gasteiger partial charge in [0, 0.05) is 0 Å². The number of rotatable bonds is 1. The van der Waals surface area contributed by atoms with Gasteiger partial charge in [0.15, 0.2) is 0 Å². The lowest BCUT2D eigenvalue weighted by Crippen LogP contribution is -1.72. The van der Waals surface area contributed by atoms with E-state index in [1.54, 1.807) is 22.7 Å². The number of hydrogen-bond acceptors (Lipinski definition) is 3. The minimum Gasteiger partial charge on any atom is -0.235 e. The molecule has 3 heteroatoms. The lowest BCUT2D eigenvalue weighted by atomic mass is 10.3. The van der Waals surface area contributed by atoms with E-state index in [1.165, 1.54) is 15.1 Å². The number of aromatic nitrogens is 1. The highest BCUT2D eigenvalue weighted by Gasteiger charge is 2.08. The number of para-hydroxylation sites is 1. The molecule has 0 saturated heterocycles. The summed E-state index contributed by atoms with van der Waals surface area (Å²) in [5.74, 6) is 0. The molecule has 0 aliphatic carbocycles. The van der Waals surface area contributed by atoms with E-state index in [4.69, 9.17) is 0 Å². The van der Waals surface area contributed by atoms with E-state index in [0.29, 0.717) is 0 Å². The van der Waals surface area contributed by atoms with Crippen molar-refractivity contribution < 1.29 is 0 Å². The van der Waals surface area contributed by atoms with Gasteiger partial charge in [-0.05, 0) is 36.1 Å². The Morgan fingerprint density at radius 1 is 1.13 bits per heavy atom. The molecule has 0 saturated carbocycles. The van der Waals surface area contributed by atoms with Crippen molar-refractivity contribution in [3.63, 3.8) is 0 Å². The first-order valence-electron chi connectivity index (χ1n) is 4.74. The van der Waals surface area contributed by atoms with Gasteiger partial charge in [-0.3, -0.25) is 0 Å². The normalized spacial score (nSPS) is 11.0. The first-order chi connectivity index (χ1) is 7.34. The van der Waals surface area contributed by atoms with Gasteiger partial charge >= 0.3 is 0 Å². The highest BCUT2D eigenvalue weighted by molar-refractivity contribution is 7.25. The summed E-state index contributed by atoms with van der Waals surface area (Å²) in [5.41, 5.74) is 2.42. The fourth-order valence-electron chi connectivity index (χ4n) is 1.56. The van der Waals surface area contributed by atoms with E-state index in [0.717, 1.165) is 10.5 Å². The van der Waals surface area contributed by atoms with E-state index < -0.39 is 0 Å². The third kappa shape index (κ3) is 1.48. The second-order valence-corrected chi connectivity index (χ2v) is 5.37. The van der Waals surface area contributed by atoms with E-state index in [2.05, 4.69) is 41.6 Å². The second kappa shape index (κ2) is 3.43. The molecule has 0 radical (unpaired) electrons. The number of benzene rings is 1. The van der Waals surface area contributed by atoms with Crippen molar-refractivity contribution in [2.75, 3.05) is 0 Å². The SMILES string of the molecule is Cc1ccsc1-c1nc2ccccc2s1. The predicted molar refractivity (Wildman–Crippen MR) is 67.7 cm³/mol. The van der Waals surface area contributed by atoms with Crippen molar-refractivity contribution >= 4 is 32.9 Å². The Morgan fingerprint density at radius 3 is 2.73 bits per heavy atom. The van der Waals surface area contributed by atoms with Crippen LogP contribution in [-0.4, -0.2) is 4.98 Å². The number of fused-ring (bicyclic) bond motifs is 1. The van der Waals surface area contributed by atoms with Crippen LogP contribution in [0.4, 0.5) is 0 Å². The highest BCUT2D eigenvalue weighted by Crippen LogP contribution is 2.34. The Balaban J connectivity index is 2.24. The highest BCUT2D eigenvalue weighted by atomic mass is 32.1. The van der Waals surface area contributed by atoms with Crippen LogP contribution in [-0.2, 0) is 0 Å². The zero-order valence-corrected chi connectivity index (χ0v) is 9.86. The molecule has 0 N–H and O–H groups in total. The average molecular weight is 231 g/mol.